The molecule has 3 heteroatoms. The van der Waals surface area contributed by atoms with Gasteiger partial charge in [-0.25, -0.2) is 0 Å². The van der Waals surface area contributed by atoms with Gasteiger partial charge in [0, 0.05) is 0 Å². The zero-order valence-electron chi connectivity index (χ0n) is 13.3. The summed E-state index contributed by atoms with van der Waals surface area (Å²) in [7, 11) is 0. The predicted octanol–water partition coefficient (Wildman–Crippen LogP) is 5.18. The molecule has 0 aromatic heterocycles. The number of benzene rings is 3. The van der Waals surface area contributed by atoms with Crippen molar-refractivity contribution in [2.75, 3.05) is 0 Å². The third-order valence-electron chi connectivity index (χ3n) is 3.14. The molecule has 0 aliphatic carbocycles. The average Bonchev–Trinajstić information content (AvgIpc) is 2.64. The maximum atomic E-state index is 11.4. The predicted molar refractivity (Wildman–Crippen MR) is 94.1 cm³/mol. The van der Waals surface area contributed by atoms with E-state index in [9.17, 15) is 4.79 Å². The van der Waals surface area contributed by atoms with Gasteiger partial charge in [-0.3, -0.25) is 4.79 Å². The Bertz CT molecular complexity index is 821. The largest absolute Gasteiger partial charge is 0.457 e. The van der Waals surface area contributed by atoms with Crippen LogP contribution >= 0.6 is 0 Å². The Morgan fingerprint density at radius 1 is 0.833 bits per heavy atom. The van der Waals surface area contributed by atoms with Crippen LogP contribution in [0.2, 0.25) is 0 Å². The first kappa shape index (κ1) is 17.0. The van der Waals surface area contributed by atoms with Crippen LogP contribution in [-0.4, -0.2) is 5.78 Å². The quantitative estimate of drug-likeness (QED) is 0.494. The lowest BCUT2D eigenvalue weighted by Crippen LogP contribution is -1.98. The summed E-state index contributed by atoms with van der Waals surface area (Å²) >= 11 is 0. The molecule has 0 unspecified atom stereocenters. The molecule has 0 heterocycles. The smallest absolute Gasteiger partial charge is 0.265 e. The van der Waals surface area contributed by atoms with Gasteiger partial charge < -0.3 is 4.74 Å². The molecule has 3 aromatic carbocycles. The van der Waals surface area contributed by atoms with Crippen LogP contribution < -0.4 is 4.74 Å². The fourth-order valence-corrected chi connectivity index (χ4v) is 1.95. The maximum absolute atomic E-state index is 11.4. The Labute approximate surface area is 141 Å². The molecule has 0 aliphatic rings. The Morgan fingerprint density at radius 2 is 1.38 bits per heavy atom. The zero-order valence-corrected chi connectivity index (χ0v) is 13.3. The standard InChI is InChI=1S/C14H9NO2.C7H8/c15-10-13(16)12-8-4-5-9-14(12)17-11-6-2-1-3-7-11;1-7-5-3-2-4-6-7/h1-9H;2-6H,1H3. The van der Waals surface area contributed by atoms with Gasteiger partial charge in [0.05, 0.1) is 5.56 Å². The van der Waals surface area contributed by atoms with Crippen molar-refractivity contribution in [3.63, 3.8) is 0 Å². The van der Waals surface area contributed by atoms with Crippen molar-refractivity contribution in [3.05, 3.63) is 96.1 Å². The van der Waals surface area contributed by atoms with Crippen LogP contribution in [0.5, 0.6) is 11.5 Å². The van der Waals surface area contributed by atoms with E-state index in [0.29, 0.717) is 11.5 Å². The third kappa shape index (κ3) is 5.11. The highest BCUT2D eigenvalue weighted by Gasteiger charge is 2.11. The fourth-order valence-electron chi connectivity index (χ4n) is 1.95. The van der Waals surface area contributed by atoms with E-state index in [1.54, 1.807) is 42.5 Å². The number of hydrogen-bond donors (Lipinski definition) is 0. The van der Waals surface area contributed by atoms with Gasteiger partial charge in [0.1, 0.15) is 17.6 Å². The summed E-state index contributed by atoms with van der Waals surface area (Å²) in [4.78, 5) is 11.4. The summed E-state index contributed by atoms with van der Waals surface area (Å²) in [5, 5.41) is 8.62. The van der Waals surface area contributed by atoms with Crippen LogP contribution in [0.1, 0.15) is 15.9 Å². The summed E-state index contributed by atoms with van der Waals surface area (Å²) in [5.41, 5.74) is 1.60. The summed E-state index contributed by atoms with van der Waals surface area (Å²) in [6.45, 7) is 2.08. The molecule has 0 aliphatic heterocycles. The summed E-state index contributed by atoms with van der Waals surface area (Å²) in [6.07, 6.45) is 0. The number of ketones is 1. The molecule has 0 spiro atoms. The van der Waals surface area contributed by atoms with E-state index in [-0.39, 0.29) is 5.56 Å². The minimum atomic E-state index is -0.600. The third-order valence-corrected chi connectivity index (χ3v) is 3.14. The Morgan fingerprint density at radius 3 is 1.92 bits per heavy atom. The number of carbonyl (C=O) groups excluding carboxylic acids is 1. The van der Waals surface area contributed by atoms with Crippen molar-refractivity contribution in [2.24, 2.45) is 0 Å². The number of hydrogen-bond acceptors (Lipinski definition) is 3. The van der Waals surface area contributed by atoms with Gasteiger partial charge in [-0.2, -0.15) is 5.26 Å². The number of Topliss-reactive ketones (excluding diaryl/α,β-unsaturated/α-hetero) is 1. The number of aryl methyl sites for hydroxylation is 1. The second kappa shape index (κ2) is 8.92. The molecular weight excluding hydrogens is 298 g/mol. The molecular formula is C21H17NO2. The normalized spacial score (nSPS) is 9.17. The number of para-hydroxylation sites is 2. The monoisotopic (exact) mass is 315 g/mol. The van der Waals surface area contributed by atoms with Gasteiger partial charge in [0.2, 0.25) is 0 Å². The van der Waals surface area contributed by atoms with Crippen LogP contribution in [-0.2, 0) is 0 Å². The lowest BCUT2D eigenvalue weighted by molar-refractivity contribution is 0.105. The second-order valence-electron chi connectivity index (χ2n) is 5.01. The molecule has 0 bridgehead atoms. The van der Waals surface area contributed by atoms with E-state index in [4.69, 9.17) is 10.00 Å². The van der Waals surface area contributed by atoms with Crippen LogP contribution in [0.3, 0.4) is 0 Å². The van der Waals surface area contributed by atoms with Crippen molar-refractivity contribution in [1.82, 2.24) is 0 Å². The van der Waals surface area contributed by atoms with Crippen molar-refractivity contribution in [2.45, 2.75) is 6.92 Å². The van der Waals surface area contributed by atoms with Crippen molar-refractivity contribution in [3.8, 4) is 17.6 Å². The van der Waals surface area contributed by atoms with Gasteiger partial charge >= 0.3 is 0 Å². The van der Waals surface area contributed by atoms with Crippen LogP contribution in [0.25, 0.3) is 0 Å². The molecule has 0 saturated heterocycles. The van der Waals surface area contributed by atoms with Crippen molar-refractivity contribution < 1.29 is 9.53 Å². The first-order valence-corrected chi connectivity index (χ1v) is 7.48. The lowest BCUT2D eigenvalue weighted by Gasteiger charge is -2.07. The molecule has 0 radical (unpaired) electrons. The van der Waals surface area contributed by atoms with Crippen molar-refractivity contribution in [1.29, 1.82) is 5.26 Å². The molecule has 0 amide bonds. The van der Waals surface area contributed by atoms with Crippen LogP contribution in [0.4, 0.5) is 0 Å². The molecule has 0 N–H and O–H groups in total. The molecule has 3 rings (SSSR count). The van der Waals surface area contributed by atoms with Crippen molar-refractivity contribution >= 4 is 5.78 Å². The molecule has 3 nitrogen and oxygen atoms in total. The molecule has 3 aromatic rings. The summed E-state index contributed by atoms with van der Waals surface area (Å²) in [6, 6.07) is 27.7. The number of nitrogens with zero attached hydrogens (tertiary/aromatic N) is 1. The van der Waals surface area contributed by atoms with Crippen LogP contribution in [0, 0.1) is 18.3 Å². The average molecular weight is 315 g/mol. The maximum Gasteiger partial charge on any atom is 0.265 e. The fraction of sp³-hybridized carbons (Fsp3) is 0.0476. The first-order valence-electron chi connectivity index (χ1n) is 7.48. The Balaban J connectivity index is 0.000000249. The van der Waals surface area contributed by atoms with Gasteiger partial charge in [-0.05, 0) is 31.2 Å². The summed E-state index contributed by atoms with van der Waals surface area (Å²) < 4.78 is 5.56. The highest BCUT2D eigenvalue weighted by Crippen LogP contribution is 2.25. The zero-order chi connectivity index (χ0) is 17.2. The van der Waals surface area contributed by atoms with E-state index in [1.807, 2.05) is 36.4 Å². The number of ether oxygens (including phenoxy) is 1. The second-order valence-corrected chi connectivity index (χ2v) is 5.01. The van der Waals surface area contributed by atoms with E-state index >= 15 is 0 Å². The van der Waals surface area contributed by atoms with Gasteiger partial charge in [0.25, 0.3) is 5.78 Å². The minimum Gasteiger partial charge on any atom is -0.457 e. The Hall–Kier alpha value is -3.38. The van der Waals surface area contributed by atoms with E-state index < -0.39 is 5.78 Å². The molecule has 0 fully saturated rings. The highest BCUT2D eigenvalue weighted by molar-refractivity contribution is 6.09. The molecule has 0 saturated carbocycles. The molecule has 0 atom stereocenters. The van der Waals surface area contributed by atoms with Gasteiger partial charge in [0.15, 0.2) is 0 Å². The minimum absolute atomic E-state index is 0.277. The van der Waals surface area contributed by atoms with E-state index in [2.05, 4.69) is 19.1 Å². The Kier molecular flexibility index (Phi) is 6.31. The lowest BCUT2D eigenvalue weighted by atomic mass is 10.1. The van der Waals surface area contributed by atoms with Crippen LogP contribution in [0.15, 0.2) is 84.9 Å². The number of rotatable bonds is 3. The SMILES string of the molecule is Cc1ccccc1.N#CC(=O)c1ccccc1Oc1ccccc1. The summed E-state index contributed by atoms with van der Waals surface area (Å²) in [5.74, 6) is 0.424. The van der Waals surface area contributed by atoms with Gasteiger partial charge in [-0.15, -0.1) is 0 Å². The topological polar surface area (TPSA) is 50.1 Å². The molecule has 24 heavy (non-hydrogen) atoms. The van der Waals surface area contributed by atoms with Gasteiger partial charge in [-0.1, -0.05) is 66.2 Å². The number of carbonyl (C=O) groups is 1. The highest BCUT2D eigenvalue weighted by atomic mass is 16.5. The number of nitriles is 1. The van der Waals surface area contributed by atoms with E-state index in [1.165, 1.54) is 5.56 Å². The first-order chi connectivity index (χ1) is 11.7. The van der Waals surface area contributed by atoms with E-state index in [0.717, 1.165) is 0 Å². The molecule has 118 valence electrons.